The monoisotopic (exact) mass is 277 g/mol. The number of carbonyl (C=O) groups is 1. The summed E-state index contributed by atoms with van der Waals surface area (Å²) in [6, 6.07) is 0. The van der Waals surface area contributed by atoms with Crippen LogP contribution in [-0.2, 0) is 14.6 Å². The van der Waals surface area contributed by atoms with Gasteiger partial charge in [-0.25, -0.2) is 8.42 Å². The first-order chi connectivity index (χ1) is 8.28. The van der Waals surface area contributed by atoms with Crippen molar-refractivity contribution in [2.75, 3.05) is 12.3 Å². The summed E-state index contributed by atoms with van der Waals surface area (Å²) >= 11 is 0. The van der Waals surface area contributed by atoms with Crippen LogP contribution in [0.1, 0.15) is 46.0 Å². The zero-order valence-electron chi connectivity index (χ0n) is 11.1. The number of nitrogens with one attached hydrogen (secondary N) is 1. The highest BCUT2D eigenvalue weighted by atomic mass is 32.2. The van der Waals surface area contributed by atoms with E-state index in [1.807, 2.05) is 6.92 Å². The molecule has 0 aromatic rings. The van der Waals surface area contributed by atoms with Crippen molar-refractivity contribution in [3.63, 3.8) is 0 Å². The van der Waals surface area contributed by atoms with Gasteiger partial charge >= 0.3 is 0 Å². The summed E-state index contributed by atoms with van der Waals surface area (Å²) in [5.41, 5.74) is -0.969. The Bertz CT molecular complexity index is 389. The van der Waals surface area contributed by atoms with Crippen molar-refractivity contribution < 1.29 is 18.3 Å². The molecule has 0 aromatic carbocycles. The van der Waals surface area contributed by atoms with Crippen molar-refractivity contribution in [2.45, 2.75) is 56.8 Å². The van der Waals surface area contributed by atoms with Gasteiger partial charge < -0.3 is 10.4 Å². The molecule has 0 spiro atoms. The molecule has 2 N–H and O–H groups in total. The molecule has 0 bridgehead atoms. The van der Waals surface area contributed by atoms with E-state index in [4.69, 9.17) is 0 Å². The minimum absolute atomic E-state index is 0.0937. The fourth-order valence-corrected chi connectivity index (χ4v) is 4.09. The Morgan fingerprint density at radius 3 is 2.67 bits per heavy atom. The number of carbonyl (C=O) groups excluding carboxylic acids is 1. The Morgan fingerprint density at radius 1 is 1.44 bits per heavy atom. The summed E-state index contributed by atoms with van der Waals surface area (Å²) in [7, 11) is -3.30. The fraction of sp³-hybridized carbons (Fsp3) is 0.917. The zero-order chi connectivity index (χ0) is 13.8. The average Bonchev–Trinajstić information content (AvgIpc) is 2.25. The highest BCUT2D eigenvalue weighted by Gasteiger charge is 2.35. The van der Waals surface area contributed by atoms with Gasteiger partial charge in [-0.15, -0.1) is 0 Å². The van der Waals surface area contributed by atoms with Gasteiger partial charge in [0.2, 0.25) is 5.91 Å². The minimum Gasteiger partial charge on any atom is -0.388 e. The largest absolute Gasteiger partial charge is 0.388 e. The average molecular weight is 277 g/mol. The van der Waals surface area contributed by atoms with Crippen LogP contribution in [0, 0.1) is 0 Å². The second kappa shape index (κ2) is 6.02. The Balaban J connectivity index is 2.55. The quantitative estimate of drug-likeness (QED) is 0.771. The van der Waals surface area contributed by atoms with E-state index < -0.39 is 26.6 Å². The Kier molecular flexibility index (Phi) is 5.16. The van der Waals surface area contributed by atoms with Gasteiger partial charge in [-0.3, -0.25) is 4.79 Å². The van der Waals surface area contributed by atoms with Gasteiger partial charge in [0.1, 0.15) is 5.25 Å². The molecule has 6 heteroatoms. The number of amides is 1. The molecule has 0 aliphatic carbocycles. The maximum atomic E-state index is 11.9. The van der Waals surface area contributed by atoms with Gasteiger partial charge in [0.15, 0.2) is 9.84 Å². The van der Waals surface area contributed by atoms with E-state index >= 15 is 0 Å². The van der Waals surface area contributed by atoms with Crippen molar-refractivity contribution in [3.05, 3.63) is 0 Å². The highest BCUT2D eigenvalue weighted by molar-refractivity contribution is 7.92. The maximum absolute atomic E-state index is 11.9. The topological polar surface area (TPSA) is 83.5 Å². The van der Waals surface area contributed by atoms with E-state index in [-0.39, 0.29) is 12.3 Å². The fourth-order valence-electron chi connectivity index (χ4n) is 2.27. The summed E-state index contributed by atoms with van der Waals surface area (Å²) in [5.74, 6) is -0.373. The van der Waals surface area contributed by atoms with Gasteiger partial charge in [-0.1, -0.05) is 19.8 Å². The SMILES string of the molecule is CCCC(C)(O)CNC(=O)C1CCCCS1(=O)=O. The maximum Gasteiger partial charge on any atom is 0.238 e. The van der Waals surface area contributed by atoms with Crippen molar-refractivity contribution >= 4 is 15.7 Å². The van der Waals surface area contributed by atoms with Gasteiger partial charge in [-0.2, -0.15) is 0 Å². The normalized spacial score (nSPS) is 26.3. The first kappa shape index (κ1) is 15.4. The standard InChI is InChI=1S/C12H23NO4S/c1-3-7-12(2,15)9-13-11(14)10-6-4-5-8-18(10,16)17/h10,15H,3-9H2,1-2H3,(H,13,14). The third-order valence-corrected chi connectivity index (χ3v) is 5.48. The van der Waals surface area contributed by atoms with E-state index in [1.165, 1.54) is 0 Å². The first-order valence-corrected chi connectivity index (χ1v) is 8.22. The van der Waals surface area contributed by atoms with Crippen LogP contribution >= 0.6 is 0 Å². The van der Waals surface area contributed by atoms with Crippen LogP contribution in [0.15, 0.2) is 0 Å². The number of sulfone groups is 1. The molecule has 2 unspecified atom stereocenters. The van der Waals surface area contributed by atoms with Crippen LogP contribution in [0.3, 0.4) is 0 Å². The molecule has 2 atom stereocenters. The van der Waals surface area contributed by atoms with E-state index in [0.717, 1.165) is 12.8 Å². The molecular formula is C12H23NO4S. The van der Waals surface area contributed by atoms with E-state index in [2.05, 4.69) is 5.32 Å². The van der Waals surface area contributed by atoms with Gasteiger partial charge in [0.25, 0.3) is 0 Å². The summed E-state index contributed by atoms with van der Waals surface area (Å²) in [6.07, 6.45) is 3.18. The predicted octanol–water partition coefficient (Wildman–Crippen LogP) is 0.621. The summed E-state index contributed by atoms with van der Waals surface area (Å²) in [4.78, 5) is 11.9. The Morgan fingerprint density at radius 2 is 2.11 bits per heavy atom. The van der Waals surface area contributed by atoms with E-state index in [9.17, 15) is 18.3 Å². The molecule has 0 radical (unpaired) electrons. The smallest absolute Gasteiger partial charge is 0.238 e. The second-order valence-electron chi connectivity index (χ2n) is 5.32. The molecule has 1 fully saturated rings. The lowest BCUT2D eigenvalue weighted by Gasteiger charge is -2.26. The summed E-state index contributed by atoms with van der Waals surface area (Å²) < 4.78 is 23.5. The van der Waals surface area contributed by atoms with E-state index in [1.54, 1.807) is 6.92 Å². The molecule has 1 amide bonds. The minimum atomic E-state index is -3.30. The third-order valence-electron chi connectivity index (χ3n) is 3.30. The van der Waals surface area contributed by atoms with E-state index in [0.29, 0.717) is 19.3 Å². The molecule has 1 saturated heterocycles. The molecule has 5 nitrogen and oxygen atoms in total. The van der Waals surface area contributed by atoms with Crippen LogP contribution in [0.5, 0.6) is 0 Å². The van der Waals surface area contributed by atoms with Crippen LogP contribution < -0.4 is 5.32 Å². The molecule has 0 aromatic heterocycles. The molecule has 1 aliphatic heterocycles. The number of aliphatic hydroxyl groups is 1. The lowest BCUT2D eigenvalue weighted by Crippen LogP contribution is -2.47. The van der Waals surface area contributed by atoms with Crippen LogP contribution in [-0.4, -0.2) is 42.6 Å². The Hall–Kier alpha value is -0.620. The van der Waals surface area contributed by atoms with Crippen LogP contribution in [0.2, 0.25) is 0 Å². The Labute approximate surface area is 109 Å². The number of hydrogen-bond donors (Lipinski definition) is 2. The number of rotatable bonds is 5. The number of hydrogen-bond acceptors (Lipinski definition) is 4. The lowest BCUT2D eigenvalue weighted by molar-refractivity contribution is -0.122. The third kappa shape index (κ3) is 4.24. The summed E-state index contributed by atoms with van der Waals surface area (Å²) in [5, 5.41) is 11.6. The molecule has 1 aliphatic rings. The highest BCUT2D eigenvalue weighted by Crippen LogP contribution is 2.20. The first-order valence-electron chi connectivity index (χ1n) is 6.50. The van der Waals surface area contributed by atoms with Gasteiger partial charge in [0, 0.05) is 6.54 Å². The van der Waals surface area contributed by atoms with Crippen molar-refractivity contribution in [1.29, 1.82) is 0 Å². The van der Waals surface area contributed by atoms with Crippen molar-refractivity contribution in [3.8, 4) is 0 Å². The molecule has 1 rings (SSSR count). The van der Waals surface area contributed by atoms with Crippen LogP contribution in [0.4, 0.5) is 0 Å². The predicted molar refractivity (Wildman–Crippen MR) is 70.0 cm³/mol. The van der Waals surface area contributed by atoms with Gasteiger partial charge in [-0.05, 0) is 26.2 Å². The molecule has 18 heavy (non-hydrogen) atoms. The van der Waals surface area contributed by atoms with Crippen LogP contribution in [0.25, 0.3) is 0 Å². The second-order valence-corrected chi connectivity index (χ2v) is 7.62. The molecule has 1 heterocycles. The summed E-state index contributed by atoms with van der Waals surface area (Å²) in [6.45, 7) is 3.69. The molecule has 106 valence electrons. The lowest BCUT2D eigenvalue weighted by atomic mass is 10.0. The van der Waals surface area contributed by atoms with Gasteiger partial charge in [0.05, 0.1) is 11.4 Å². The molecular weight excluding hydrogens is 254 g/mol. The van der Waals surface area contributed by atoms with Crippen molar-refractivity contribution in [1.82, 2.24) is 5.32 Å². The zero-order valence-corrected chi connectivity index (χ0v) is 11.9. The molecule has 0 saturated carbocycles. The van der Waals surface area contributed by atoms with Crippen molar-refractivity contribution in [2.24, 2.45) is 0 Å².